The Labute approximate surface area is 174 Å². The smallest absolute Gasteiger partial charge is 0.307 e. The number of carbonyl (C=O) groups is 2. The summed E-state index contributed by atoms with van der Waals surface area (Å²) in [5.74, 6) is -1.98. The average molecular weight is 434 g/mol. The van der Waals surface area contributed by atoms with Crippen LogP contribution in [0.1, 0.15) is 23.1 Å². The van der Waals surface area contributed by atoms with Crippen LogP contribution >= 0.6 is 0 Å². The van der Waals surface area contributed by atoms with E-state index < -0.39 is 45.4 Å². The van der Waals surface area contributed by atoms with E-state index in [0.29, 0.717) is 5.56 Å². The molecule has 2 aromatic carbocycles. The summed E-state index contributed by atoms with van der Waals surface area (Å²) in [5.41, 5.74) is 2.26. The van der Waals surface area contributed by atoms with Crippen LogP contribution in [0.4, 0.5) is 11.4 Å². The molecular formula is C20H22N2O7S. The lowest BCUT2D eigenvalue weighted by Gasteiger charge is -2.08. The Balaban J connectivity index is 1.87. The van der Waals surface area contributed by atoms with Crippen molar-refractivity contribution in [2.45, 2.75) is 32.1 Å². The van der Waals surface area contributed by atoms with Gasteiger partial charge in [-0.2, -0.15) is 0 Å². The van der Waals surface area contributed by atoms with E-state index in [1.165, 1.54) is 24.3 Å². The Morgan fingerprint density at radius 2 is 1.70 bits per heavy atom. The second-order valence-corrected chi connectivity index (χ2v) is 8.89. The van der Waals surface area contributed by atoms with Crippen LogP contribution in [0.5, 0.6) is 0 Å². The molecule has 10 heteroatoms. The van der Waals surface area contributed by atoms with Gasteiger partial charge in [0.2, 0.25) is 0 Å². The number of rotatable bonds is 8. The molecule has 1 N–H and O–H groups in total. The minimum atomic E-state index is -3.66. The number of nitro benzene ring substituents is 1. The fraction of sp³-hybridized carbons (Fsp3) is 0.300. The molecule has 160 valence electrons. The van der Waals surface area contributed by atoms with Crippen molar-refractivity contribution in [3.05, 3.63) is 63.2 Å². The number of carbonyl (C=O) groups excluding carboxylic acids is 2. The van der Waals surface area contributed by atoms with E-state index in [4.69, 9.17) is 4.74 Å². The maximum atomic E-state index is 12.4. The number of benzene rings is 2. The van der Waals surface area contributed by atoms with Crippen molar-refractivity contribution < 1.29 is 27.7 Å². The fourth-order valence-electron chi connectivity index (χ4n) is 2.54. The van der Waals surface area contributed by atoms with Gasteiger partial charge in [-0.15, -0.1) is 0 Å². The van der Waals surface area contributed by atoms with Crippen molar-refractivity contribution in [2.75, 3.05) is 17.7 Å². The van der Waals surface area contributed by atoms with Gasteiger partial charge in [0.1, 0.15) is 0 Å². The van der Waals surface area contributed by atoms with Crippen LogP contribution in [0.25, 0.3) is 0 Å². The highest BCUT2D eigenvalue weighted by molar-refractivity contribution is 7.91. The largest absolute Gasteiger partial charge is 0.456 e. The van der Waals surface area contributed by atoms with Crippen molar-refractivity contribution in [1.29, 1.82) is 0 Å². The van der Waals surface area contributed by atoms with Crippen molar-refractivity contribution in [1.82, 2.24) is 0 Å². The lowest BCUT2D eigenvalue weighted by molar-refractivity contribution is -0.385. The minimum absolute atomic E-state index is 0.122. The lowest BCUT2D eigenvalue weighted by atomic mass is 10.1. The quantitative estimate of drug-likeness (QED) is 0.384. The van der Waals surface area contributed by atoms with Gasteiger partial charge in [-0.3, -0.25) is 19.7 Å². The van der Waals surface area contributed by atoms with Gasteiger partial charge in [0, 0.05) is 17.3 Å². The summed E-state index contributed by atoms with van der Waals surface area (Å²) in [6, 6.07) is 8.89. The van der Waals surface area contributed by atoms with Gasteiger partial charge < -0.3 is 10.1 Å². The monoisotopic (exact) mass is 434 g/mol. The van der Waals surface area contributed by atoms with Gasteiger partial charge in [0.25, 0.3) is 11.6 Å². The molecule has 30 heavy (non-hydrogen) atoms. The molecule has 0 bridgehead atoms. The predicted molar refractivity (Wildman–Crippen MR) is 110 cm³/mol. The molecule has 0 aliphatic rings. The first-order valence-corrected chi connectivity index (χ1v) is 10.7. The van der Waals surface area contributed by atoms with Crippen LogP contribution in [-0.2, 0) is 24.2 Å². The maximum absolute atomic E-state index is 12.4. The van der Waals surface area contributed by atoms with E-state index >= 15 is 0 Å². The topological polar surface area (TPSA) is 133 Å². The molecule has 0 radical (unpaired) electrons. The zero-order chi connectivity index (χ0) is 22.5. The predicted octanol–water partition coefficient (Wildman–Crippen LogP) is 2.87. The molecule has 0 heterocycles. The molecular weight excluding hydrogens is 412 g/mol. The number of aryl methyl sites for hydroxylation is 3. The first kappa shape index (κ1) is 23.0. The number of anilines is 1. The Hall–Kier alpha value is -3.27. The van der Waals surface area contributed by atoms with Crippen LogP contribution in [0.3, 0.4) is 0 Å². The number of hydrogen-bond acceptors (Lipinski definition) is 7. The molecule has 0 saturated carbocycles. The molecule has 0 atom stereocenters. The molecule has 2 rings (SSSR count). The van der Waals surface area contributed by atoms with Crippen molar-refractivity contribution in [2.24, 2.45) is 0 Å². The van der Waals surface area contributed by atoms with Crippen LogP contribution in [0.15, 0.2) is 41.3 Å². The normalized spacial score (nSPS) is 11.0. The van der Waals surface area contributed by atoms with Crippen LogP contribution < -0.4 is 5.32 Å². The third-order valence-corrected chi connectivity index (χ3v) is 6.18. The van der Waals surface area contributed by atoms with Crippen molar-refractivity contribution >= 4 is 33.1 Å². The molecule has 1 amide bonds. The number of nitrogens with zero attached hydrogens (tertiary/aromatic N) is 1. The summed E-state index contributed by atoms with van der Waals surface area (Å²) >= 11 is 0. The van der Waals surface area contributed by atoms with E-state index in [1.54, 1.807) is 26.0 Å². The molecule has 0 unspecified atom stereocenters. The number of ether oxygens (including phenoxy) is 1. The maximum Gasteiger partial charge on any atom is 0.307 e. The van der Waals surface area contributed by atoms with Crippen LogP contribution in [0.2, 0.25) is 0 Å². The molecule has 9 nitrogen and oxygen atoms in total. The lowest BCUT2D eigenvalue weighted by Crippen LogP contribution is -2.22. The third kappa shape index (κ3) is 6.11. The number of sulfone groups is 1. The molecule has 0 aromatic heterocycles. The number of nitrogens with one attached hydrogen (secondary N) is 1. The highest BCUT2D eigenvalue weighted by Crippen LogP contribution is 2.22. The summed E-state index contributed by atoms with van der Waals surface area (Å²) in [7, 11) is -3.66. The van der Waals surface area contributed by atoms with Gasteiger partial charge in [0.15, 0.2) is 16.4 Å². The average Bonchev–Trinajstić information content (AvgIpc) is 2.68. The summed E-state index contributed by atoms with van der Waals surface area (Å²) < 4.78 is 29.5. The Morgan fingerprint density at radius 3 is 2.33 bits per heavy atom. The summed E-state index contributed by atoms with van der Waals surface area (Å²) in [5, 5.41) is 13.3. The Bertz CT molecular complexity index is 1090. The summed E-state index contributed by atoms with van der Waals surface area (Å²) in [6.45, 7) is 4.59. The SMILES string of the molecule is Cc1ccc(S(=O)(=O)CCC(=O)OCC(=O)Nc2ccc(C)c([N+](=O)[O-])c2)cc1C. The fourth-order valence-corrected chi connectivity index (χ4v) is 3.84. The highest BCUT2D eigenvalue weighted by atomic mass is 32.2. The van der Waals surface area contributed by atoms with Gasteiger partial charge in [-0.25, -0.2) is 8.42 Å². The number of esters is 1. The highest BCUT2D eigenvalue weighted by Gasteiger charge is 2.19. The van der Waals surface area contributed by atoms with Crippen molar-refractivity contribution in [3.63, 3.8) is 0 Å². The molecule has 0 spiro atoms. The van der Waals surface area contributed by atoms with Gasteiger partial charge in [-0.1, -0.05) is 12.1 Å². The minimum Gasteiger partial charge on any atom is -0.456 e. The van der Waals surface area contributed by atoms with E-state index in [2.05, 4.69) is 5.32 Å². The first-order valence-electron chi connectivity index (χ1n) is 9.00. The second-order valence-electron chi connectivity index (χ2n) is 6.78. The number of amides is 1. The van der Waals surface area contributed by atoms with E-state index in [9.17, 15) is 28.1 Å². The van der Waals surface area contributed by atoms with Gasteiger partial charge in [0.05, 0.1) is 22.0 Å². The molecule has 0 aliphatic heterocycles. The van der Waals surface area contributed by atoms with Crippen LogP contribution in [0, 0.1) is 30.9 Å². The van der Waals surface area contributed by atoms with Gasteiger partial charge in [-0.05, 0) is 50.1 Å². The molecule has 0 aliphatic carbocycles. The molecule has 0 saturated heterocycles. The van der Waals surface area contributed by atoms with E-state index in [1.807, 2.05) is 6.92 Å². The van der Waals surface area contributed by atoms with Crippen LogP contribution in [-0.4, -0.2) is 37.6 Å². The first-order chi connectivity index (χ1) is 14.0. The second kappa shape index (κ2) is 9.49. The standard InChI is InChI=1S/C20H22N2O7S/c1-13-5-7-17(10-15(13)3)30(27,28)9-8-20(24)29-12-19(23)21-16-6-4-14(2)18(11-16)22(25)26/h4-7,10-11H,8-9,12H2,1-3H3,(H,21,23). The zero-order valence-electron chi connectivity index (χ0n) is 16.8. The van der Waals surface area contributed by atoms with E-state index in [0.717, 1.165) is 11.1 Å². The molecule has 2 aromatic rings. The summed E-state index contributed by atoms with van der Waals surface area (Å²) in [4.78, 5) is 34.2. The number of hydrogen-bond donors (Lipinski definition) is 1. The van der Waals surface area contributed by atoms with Gasteiger partial charge >= 0.3 is 5.97 Å². The number of nitro groups is 1. The Kier molecular flexibility index (Phi) is 7.28. The zero-order valence-corrected chi connectivity index (χ0v) is 17.6. The Morgan fingerprint density at radius 1 is 1.03 bits per heavy atom. The molecule has 0 fully saturated rings. The van der Waals surface area contributed by atoms with Crippen molar-refractivity contribution in [3.8, 4) is 0 Å². The summed E-state index contributed by atoms with van der Waals surface area (Å²) in [6.07, 6.45) is -0.404. The third-order valence-electron chi connectivity index (χ3n) is 4.47. The van der Waals surface area contributed by atoms with E-state index in [-0.39, 0.29) is 16.3 Å².